The zero-order chi connectivity index (χ0) is 29.7. The van der Waals surface area contributed by atoms with E-state index >= 15 is 0 Å². The molecule has 0 amide bonds. The van der Waals surface area contributed by atoms with E-state index in [0.717, 1.165) is 6.07 Å². The van der Waals surface area contributed by atoms with Gasteiger partial charge in [-0.1, -0.05) is 12.1 Å². The summed E-state index contributed by atoms with van der Waals surface area (Å²) in [4.78, 5) is 0. The van der Waals surface area contributed by atoms with Gasteiger partial charge < -0.3 is 60.2 Å². The normalized spacial score (nSPS) is 29.0. The molecule has 2 bridgehead atoms. The van der Waals surface area contributed by atoms with Crippen LogP contribution in [0.15, 0.2) is 60.1 Å². The molecule has 7 rings (SSSR count). The molecule has 218 valence electrons. The molecule has 0 spiro atoms. The minimum absolute atomic E-state index is 0.0159. The summed E-state index contributed by atoms with van der Waals surface area (Å²) in [6.45, 7) is 0. The van der Waals surface area contributed by atoms with E-state index in [9.17, 15) is 46.0 Å². The van der Waals surface area contributed by atoms with Crippen molar-refractivity contribution in [2.75, 3.05) is 0 Å². The van der Waals surface area contributed by atoms with E-state index in [-0.39, 0.29) is 75.5 Å². The fourth-order valence-electron chi connectivity index (χ4n) is 6.42. The summed E-state index contributed by atoms with van der Waals surface area (Å²) in [6, 6.07) is 7.57. The van der Waals surface area contributed by atoms with Gasteiger partial charge in [0, 0.05) is 47.7 Å². The highest BCUT2D eigenvalue weighted by Crippen LogP contribution is 2.62. The van der Waals surface area contributed by atoms with Gasteiger partial charge in [-0.25, -0.2) is 0 Å². The lowest BCUT2D eigenvalue weighted by Gasteiger charge is -2.53. The largest absolute Gasteiger partial charge is 0.508 e. The lowest BCUT2D eigenvalue weighted by molar-refractivity contribution is -0.233. The predicted molar refractivity (Wildman–Crippen MR) is 142 cm³/mol. The van der Waals surface area contributed by atoms with Gasteiger partial charge in [0.2, 0.25) is 0 Å². The van der Waals surface area contributed by atoms with Gasteiger partial charge in [-0.15, -0.1) is 0 Å². The molecule has 3 aliphatic heterocycles. The Labute approximate surface area is 237 Å². The highest BCUT2D eigenvalue weighted by molar-refractivity contribution is 5.67. The second kappa shape index (κ2) is 8.78. The maximum atomic E-state index is 12.0. The number of aliphatic hydroxyl groups excluding tert-OH is 4. The summed E-state index contributed by atoms with van der Waals surface area (Å²) >= 11 is 0. The van der Waals surface area contributed by atoms with Gasteiger partial charge in [-0.05, 0) is 23.8 Å². The van der Waals surface area contributed by atoms with Crippen LogP contribution in [-0.2, 0) is 6.42 Å². The molecule has 0 saturated heterocycles. The smallest absolute Gasteiger partial charge is 0.284 e. The maximum absolute atomic E-state index is 12.0. The van der Waals surface area contributed by atoms with Gasteiger partial charge in [0.15, 0.2) is 17.3 Å². The molecule has 0 fully saturated rings. The molecule has 12 nitrogen and oxygen atoms in total. The van der Waals surface area contributed by atoms with Crippen LogP contribution < -0.4 is 14.2 Å². The van der Waals surface area contributed by atoms with Crippen LogP contribution in [-0.4, -0.2) is 64.0 Å². The highest BCUT2D eigenvalue weighted by atomic mass is 16.7. The van der Waals surface area contributed by atoms with E-state index in [1.54, 1.807) is 0 Å². The number of phenols is 5. The van der Waals surface area contributed by atoms with E-state index in [1.165, 1.54) is 42.5 Å². The minimum Gasteiger partial charge on any atom is -0.508 e. The first-order valence-electron chi connectivity index (χ1n) is 13.1. The Hall–Kier alpha value is -4.94. The number of fused-ring (bicyclic) bond motifs is 8. The Morgan fingerprint density at radius 1 is 0.738 bits per heavy atom. The van der Waals surface area contributed by atoms with Gasteiger partial charge in [0.25, 0.3) is 5.79 Å². The first-order chi connectivity index (χ1) is 20.0. The first kappa shape index (κ1) is 26.0. The van der Waals surface area contributed by atoms with Crippen LogP contribution in [0.2, 0.25) is 0 Å². The summed E-state index contributed by atoms with van der Waals surface area (Å²) in [7, 11) is 0. The van der Waals surface area contributed by atoms with Crippen molar-refractivity contribution in [2.45, 2.75) is 42.9 Å². The predicted octanol–water partition coefficient (Wildman–Crippen LogP) is 3.13. The van der Waals surface area contributed by atoms with Crippen molar-refractivity contribution in [1.82, 2.24) is 0 Å². The van der Waals surface area contributed by atoms with Crippen LogP contribution in [0.3, 0.4) is 0 Å². The number of hydrogen-bond acceptors (Lipinski definition) is 12. The van der Waals surface area contributed by atoms with E-state index < -0.39 is 47.4 Å². The van der Waals surface area contributed by atoms with Crippen molar-refractivity contribution in [3.63, 3.8) is 0 Å². The second-order valence-corrected chi connectivity index (χ2v) is 10.9. The molecular formula is C30H26O12. The molecule has 3 aromatic rings. The molecule has 0 aromatic heterocycles. The van der Waals surface area contributed by atoms with Gasteiger partial charge in [-0.2, -0.15) is 0 Å². The lowest BCUT2D eigenvalue weighted by Crippen LogP contribution is -2.64. The van der Waals surface area contributed by atoms with E-state index in [1.807, 2.05) is 0 Å². The van der Waals surface area contributed by atoms with Crippen molar-refractivity contribution in [3.05, 3.63) is 82.3 Å². The van der Waals surface area contributed by atoms with Gasteiger partial charge in [0.1, 0.15) is 52.5 Å². The monoisotopic (exact) mass is 578 g/mol. The van der Waals surface area contributed by atoms with Crippen molar-refractivity contribution >= 4 is 0 Å². The molecule has 1 aliphatic carbocycles. The fourth-order valence-corrected chi connectivity index (χ4v) is 6.42. The Kier molecular flexibility index (Phi) is 5.43. The second-order valence-electron chi connectivity index (χ2n) is 10.9. The zero-order valence-electron chi connectivity index (χ0n) is 21.7. The molecule has 0 radical (unpaired) electrons. The van der Waals surface area contributed by atoms with Crippen LogP contribution in [0, 0.1) is 5.92 Å². The van der Waals surface area contributed by atoms with Crippen molar-refractivity contribution in [3.8, 4) is 46.0 Å². The average molecular weight is 579 g/mol. The number of aromatic hydroxyl groups is 5. The number of ether oxygens (including phenoxy) is 3. The molecular weight excluding hydrogens is 552 g/mol. The lowest BCUT2D eigenvalue weighted by atomic mass is 9.71. The summed E-state index contributed by atoms with van der Waals surface area (Å²) in [5.41, 5.74) is 0.850. The first-order valence-corrected chi connectivity index (χ1v) is 13.1. The quantitative estimate of drug-likeness (QED) is 0.201. The Morgan fingerprint density at radius 3 is 2.19 bits per heavy atom. The molecule has 3 heterocycles. The Bertz CT molecular complexity index is 1710. The molecule has 3 unspecified atom stereocenters. The standard InChI is InChI=1S/C30H26O12/c31-13-7-20(37)24-22(8-13)41-30(12-2-4-16(33)19(36)6-12)29(39)26(24)25-23(42-30)10-17(34)14-9-21(38)27(40-28(14)25)11-1-3-15(32)18(35)5-11/h1-5,7-8,10,12,21,26-27,29,31-39H,6,9H2/t12?,21-,26?,27-,29?,30+/m1/s1. The minimum atomic E-state index is -1.95. The van der Waals surface area contributed by atoms with E-state index in [0.29, 0.717) is 5.56 Å². The number of aliphatic hydroxyl groups is 4. The zero-order valence-corrected chi connectivity index (χ0v) is 21.7. The molecule has 9 N–H and O–H groups in total. The van der Waals surface area contributed by atoms with Crippen LogP contribution in [0.4, 0.5) is 0 Å². The third-order valence-corrected chi connectivity index (χ3v) is 8.40. The van der Waals surface area contributed by atoms with E-state index in [4.69, 9.17) is 14.2 Å². The number of benzene rings is 3. The third kappa shape index (κ3) is 3.55. The van der Waals surface area contributed by atoms with E-state index in [2.05, 4.69) is 0 Å². The number of rotatable bonds is 2. The summed E-state index contributed by atoms with van der Waals surface area (Å²) < 4.78 is 18.8. The van der Waals surface area contributed by atoms with Crippen LogP contribution in [0.25, 0.3) is 0 Å². The van der Waals surface area contributed by atoms with Crippen LogP contribution in [0.1, 0.15) is 40.7 Å². The SMILES string of the molecule is OC1=C(O)CC([C@]23Oc4cc(O)cc(O)c4C(c4c(cc(O)c5c4O[C@H](c4ccc(O)c(O)c4)[C@H](O)C5)O2)C3O)C=C1. The van der Waals surface area contributed by atoms with Crippen LogP contribution >= 0.6 is 0 Å². The number of hydrogen-bond donors (Lipinski definition) is 9. The number of phenolic OH excluding ortho intramolecular Hbond substituents is 5. The molecule has 0 saturated carbocycles. The molecule has 4 aliphatic rings. The summed E-state index contributed by atoms with van der Waals surface area (Å²) in [5, 5.41) is 95.3. The third-order valence-electron chi connectivity index (χ3n) is 8.40. The molecule has 6 atom stereocenters. The summed E-state index contributed by atoms with van der Waals surface area (Å²) in [6.07, 6.45) is -1.36. The fraction of sp³-hybridized carbons (Fsp3) is 0.267. The molecule has 12 heteroatoms. The summed E-state index contributed by atoms with van der Waals surface area (Å²) in [5.74, 6) is -6.41. The van der Waals surface area contributed by atoms with Gasteiger partial charge in [0.05, 0.1) is 17.9 Å². The Balaban J connectivity index is 1.44. The van der Waals surface area contributed by atoms with Crippen molar-refractivity contribution in [1.29, 1.82) is 0 Å². The maximum Gasteiger partial charge on any atom is 0.284 e. The highest BCUT2D eigenvalue weighted by Gasteiger charge is 2.62. The van der Waals surface area contributed by atoms with Crippen molar-refractivity contribution in [2.24, 2.45) is 5.92 Å². The average Bonchev–Trinajstić information content (AvgIpc) is 2.92. The van der Waals surface area contributed by atoms with Crippen molar-refractivity contribution < 1.29 is 60.2 Å². The van der Waals surface area contributed by atoms with Gasteiger partial charge in [-0.3, -0.25) is 0 Å². The molecule has 3 aromatic carbocycles. The van der Waals surface area contributed by atoms with Gasteiger partial charge >= 0.3 is 0 Å². The van der Waals surface area contributed by atoms with Crippen LogP contribution in [0.5, 0.6) is 46.0 Å². The number of allylic oxidation sites excluding steroid dienone is 2. The Morgan fingerprint density at radius 2 is 1.48 bits per heavy atom. The molecule has 42 heavy (non-hydrogen) atoms. The topological polar surface area (TPSA) is 210 Å².